The maximum absolute atomic E-state index is 5.59. The predicted molar refractivity (Wildman–Crippen MR) is 64.3 cm³/mol. The number of nitrogens with zero attached hydrogens (tertiary/aromatic N) is 3. The van der Waals surface area contributed by atoms with Gasteiger partial charge in [0.1, 0.15) is 0 Å². The Labute approximate surface area is 102 Å². The predicted octanol–water partition coefficient (Wildman–Crippen LogP) is 1.13. The molecule has 0 aliphatic heterocycles. The zero-order valence-electron chi connectivity index (χ0n) is 8.76. The van der Waals surface area contributed by atoms with E-state index in [4.69, 9.17) is 5.84 Å². The van der Waals surface area contributed by atoms with E-state index in [1.807, 2.05) is 31.3 Å². The summed E-state index contributed by atoms with van der Waals surface area (Å²) in [6.07, 6.45) is 1.70. The van der Waals surface area contributed by atoms with Gasteiger partial charge < -0.3 is 0 Å². The Bertz CT molecular complexity index is 482. The number of hydrogen-bond donors (Lipinski definition) is 2. The molecular weight excluding hydrogens is 270 g/mol. The van der Waals surface area contributed by atoms with Crippen LogP contribution in [-0.4, -0.2) is 15.0 Å². The first-order valence-corrected chi connectivity index (χ1v) is 5.58. The van der Waals surface area contributed by atoms with Gasteiger partial charge in [0.25, 0.3) is 0 Å². The van der Waals surface area contributed by atoms with Gasteiger partial charge in [-0.15, -0.1) is 5.10 Å². The monoisotopic (exact) mass is 281 g/mol. The van der Waals surface area contributed by atoms with Crippen molar-refractivity contribution in [2.24, 2.45) is 12.9 Å². The molecule has 3 N–H and O–H groups in total. The number of hydrazine groups is 1. The molecule has 0 aliphatic carbocycles. The van der Waals surface area contributed by atoms with Gasteiger partial charge >= 0.3 is 0 Å². The largest absolute Gasteiger partial charge is 0.271 e. The summed E-state index contributed by atoms with van der Waals surface area (Å²) in [5.41, 5.74) is 4.73. The normalized spacial score (nSPS) is 12.7. The van der Waals surface area contributed by atoms with Crippen molar-refractivity contribution in [3.05, 3.63) is 46.2 Å². The third kappa shape index (κ3) is 1.99. The van der Waals surface area contributed by atoms with Gasteiger partial charge in [-0.25, -0.2) is 5.43 Å². The van der Waals surface area contributed by atoms with Crippen LogP contribution in [0.3, 0.4) is 0 Å². The average molecular weight is 282 g/mol. The summed E-state index contributed by atoms with van der Waals surface area (Å²) < 4.78 is 2.70. The molecule has 2 rings (SSSR count). The minimum absolute atomic E-state index is 0.129. The summed E-state index contributed by atoms with van der Waals surface area (Å²) in [4.78, 5) is 0. The van der Waals surface area contributed by atoms with Gasteiger partial charge in [0.05, 0.1) is 17.9 Å². The summed E-state index contributed by atoms with van der Waals surface area (Å²) in [5, 5.41) is 7.74. The van der Waals surface area contributed by atoms with E-state index in [-0.39, 0.29) is 6.04 Å². The van der Waals surface area contributed by atoms with Crippen LogP contribution in [-0.2, 0) is 7.05 Å². The molecule has 0 amide bonds. The molecule has 5 nitrogen and oxygen atoms in total. The molecule has 1 atom stereocenters. The molecule has 6 heteroatoms. The van der Waals surface area contributed by atoms with Crippen molar-refractivity contribution in [3.63, 3.8) is 0 Å². The van der Waals surface area contributed by atoms with Crippen LogP contribution in [0.4, 0.5) is 0 Å². The topological polar surface area (TPSA) is 68.8 Å². The Hall–Kier alpha value is -1.24. The standard InChI is InChI=1S/C10H12BrN5/c1-16-9(6-13-15-16)10(14-12)7-4-2-3-5-8(7)11/h2-6,10,14H,12H2,1H3. The van der Waals surface area contributed by atoms with Crippen LogP contribution in [0.25, 0.3) is 0 Å². The van der Waals surface area contributed by atoms with Gasteiger partial charge in [0.2, 0.25) is 0 Å². The first-order chi connectivity index (χ1) is 7.74. The molecule has 84 valence electrons. The summed E-state index contributed by atoms with van der Waals surface area (Å²) in [7, 11) is 1.84. The highest BCUT2D eigenvalue weighted by molar-refractivity contribution is 9.10. The molecule has 0 bridgehead atoms. The maximum atomic E-state index is 5.59. The molecule has 0 saturated heterocycles. The first-order valence-electron chi connectivity index (χ1n) is 4.79. The second-order valence-electron chi connectivity index (χ2n) is 3.40. The Morgan fingerprint density at radius 1 is 1.44 bits per heavy atom. The van der Waals surface area contributed by atoms with Crippen LogP contribution in [0.15, 0.2) is 34.9 Å². The third-order valence-electron chi connectivity index (χ3n) is 2.43. The summed E-state index contributed by atoms with van der Waals surface area (Å²) in [6, 6.07) is 7.78. The lowest BCUT2D eigenvalue weighted by atomic mass is 10.1. The molecule has 1 aromatic heterocycles. The van der Waals surface area contributed by atoms with Crippen LogP contribution in [0.1, 0.15) is 17.3 Å². The van der Waals surface area contributed by atoms with E-state index in [1.165, 1.54) is 0 Å². The fraction of sp³-hybridized carbons (Fsp3) is 0.200. The van der Waals surface area contributed by atoms with Crippen molar-refractivity contribution in [2.75, 3.05) is 0 Å². The van der Waals surface area contributed by atoms with Gasteiger partial charge in [0, 0.05) is 11.5 Å². The van der Waals surface area contributed by atoms with Crippen molar-refractivity contribution in [2.45, 2.75) is 6.04 Å². The summed E-state index contributed by atoms with van der Waals surface area (Å²) >= 11 is 3.50. The van der Waals surface area contributed by atoms with E-state index in [1.54, 1.807) is 10.9 Å². The Morgan fingerprint density at radius 3 is 2.75 bits per heavy atom. The van der Waals surface area contributed by atoms with Gasteiger partial charge in [-0.05, 0) is 11.6 Å². The summed E-state index contributed by atoms with van der Waals surface area (Å²) in [6.45, 7) is 0. The molecule has 0 saturated carbocycles. The van der Waals surface area contributed by atoms with E-state index >= 15 is 0 Å². The number of rotatable bonds is 3. The molecule has 1 aromatic carbocycles. The minimum Gasteiger partial charge on any atom is -0.271 e. The van der Waals surface area contributed by atoms with Crippen molar-refractivity contribution in [3.8, 4) is 0 Å². The molecule has 1 unspecified atom stereocenters. The first kappa shape index (κ1) is 11.3. The number of nitrogens with one attached hydrogen (secondary N) is 1. The highest BCUT2D eigenvalue weighted by Crippen LogP contribution is 2.26. The molecule has 0 radical (unpaired) electrons. The van der Waals surface area contributed by atoms with Crippen molar-refractivity contribution < 1.29 is 0 Å². The lowest BCUT2D eigenvalue weighted by Crippen LogP contribution is -2.30. The van der Waals surface area contributed by atoms with Crippen LogP contribution >= 0.6 is 15.9 Å². The van der Waals surface area contributed by atoms with Gasteiger partial charge in [-0.2, -0.15) is 0 Å². The average Bonchev–Trinajstić information content (AvgIpc) is 2.69. The Kier molecular flexibility index (Phi) is 3.33. The van der Waals surface area contributed by atoms with E-state index in [0.717, 1.165) is 15.7 Å². The third-order valence-corrected chi connectivity index (χ3v) is 3.15. The number of aromatic nitrogens is 3. The van der Waals surface area contributed by atoms with E-state index in [2.05, 4.69) is 31.7 Å². The van der Waals surface area contributed by atoms with E-state index in [9.17, 15) is 0 Å². The zero-order chi connectivity index (χ0) is 11.5. The Balaban J connectivity index is 2.45. The zero-order valence-corrected chi connectivity index (χ0v) is 10.3. The number of benzene rings is 1. The maximum Gasteiger partial charge on any atom is 0.0905 e. The van der Waals surface area contributed by atoms with Gasteiger partial charge in [-0.1, -0.05) is 39.3 Å². The number of aryl methyl sites for hydroxylation is 1. The number of hydrogen-bond acceptors (Lipinski definition) is 4. The molecular formula is C10H12BrN5. The summed E-state index contributed by atoms with van der Waals surface area (Å²) in [5.74, 6) is 5.59. The molecule has 16 heavy (non-hydrogen) atoms. The fourth-order valence-electron chi connectivity index (χ4n) is 1.60. The Morgan fingerprint density at radius 2 is 2.19 bits per heavy atom. The van der Waals surface area contributed by atoms with Gasteiger partial charge in [-0.3, -0.25) is 10.5 Å². The highest BCUT2D eigenvalue weighted by Gasteiger charge is 2.18. The second-order valence-corrected chi connectivity index (χ2v) is 4.26. The van der Waals surface area contributed by atoms with Crippen LogP contribution in [0, 0.1) is 0 Å². The molecule has 0 spiro atoms. The molecule has 0 aliphatic rings. The van der Waals surface area contributed by atoms with Crippen molar-refractivity contribution in [1.29, 1.82) is 0 Å². The highest BCUT2D eigenvalue weighted by atomic mass is 79.9. The van der Waals surface area contributed by atoms with Gasteiger partial charge in [0.15, 0.2) is 0 Å². The SMILES string of the molecule is Cn1nncc1C(NN)c1ccccc1Br. The number of halogens is 1. The quantitative estimate of drug-likeness (QED) is 0.654. The lowest BCUT2D eigenvalue weighted by Gasteiger charge is -2.17. The molecule has 2 aromatic rings. The minimum atomic E-state index is -0.129. The van der Waals surface area contributed by atoms with Crippen LogP contribution < -0.4 is 11.3 Å². The number of nitrogens with two attached hydrogens (primary N) is 1. The van der Waals surface area contributed by atoms with Crippen LogP contribution in [0.5, 0.6) is 0 Å². The van der Waals surface area contributed by atoms with Crippen molar-refractivity contribution >= 4 is 15.9 Å². The van der Waals surface area contributed by atoms with E-state index < -0.39 is 0 Å². The van der Waals surface area contributed by atoms with E-state index in [0.29, 0.717) is 0 Å². The van der Waals surface area contributed by atoms with Crippen molar-refractivity contribution in [1.82, 2.24) is 20.4 Å². The fourth-order valence-corrected chi connectivity index (χ4v) is 2.12. The molecule has 0 fully saturated rings. The van der Waals surface area contributed by atoms with Crippen LogP contribution in [0.2, 0.25) is 0 Å². The molecule has 1 heterocycles. The second kappa shape index (κ2) is 4.73. The smallest absolute Gasteiger partial charge is 0.0905 e. The lowest BCUT2D eigenvalue weighted by molar-refractivity contribution is 0.569.